The Morgan fingerprint density at radius 3 is 2.38 bits per heavy atom. The van der Waals surface area contributed by atoms with E-state index in [-0.39, 0.29) is 30.3 Å². The number of aromatic amines is 1. The summed E-state index contributed by atoms with van der Waals surface area (Å²) in [5, 5.41) is 14.7. The van der Waals surface area contributed by atoms with E-state index in [1.165, 1.54) is 25.6 Å². The molecular weight excluding hydrogens is 568 g/mol. The Morgan fingerprint density at radius 1 is 0.978 bits per heavy atom. The Balaban J connectivity index is 1.42. The molecule has 2 aromatic heterocycles. The van der Waals surface area contributed by atoms with E-state index in [1.807, 2.05) is 41.1 Å². The highest BCUT2D eigenvalue weighted by molar-refractivity contribution is 5.95. The van der Waals surface area contributed by atoms with Crippen LogP contribution in [0.15, 0.2) is 55.2 Å². The molecule has 1 amide bonds. The number of H-pyrrole nitrogens is 1. The number of imidazole rings is 2. The number of carbonyl (C=O) groups excluding carboxylic acids is 3. The number of nitrogens with one attached hydrogen (secondary N) is 2. The van der Waals surface area contributed by atoms with Gasteiger partial charge in [0.1, 0.15) is 23.8 Å². The quantitative estimate of drug-likeness (QED) is 0.199. The summed E-state index contributed by atoms with van der Waals surface area (Å²) in [6.07, 6.45) is 16.4. The van der Waals surface area contributed by atoms with Crippen molar-refractivity contribution >= 4 is 17.5 Å². The summed E-state index contributed by atoms with van der Waals surface area (Å²) in [6, 6.07) is 7.27. The van der Waals surface area contributed by atoms with Crippen LogP contribution >= 0.6 is 0 Å². The molecule has 0 bridgehead atoms. The molecule has 10 nitrogen and oxygen atoms in total. The number of aliphatic hydroxyl groups is 1. The van der Waals surface area contributed by atoms with Gasteiger partial charge in [0.15, 0.2) is 5.78 Å². The summed E-state index contributed by atoms with van der Waals surface area (Å²) in [7, 11) is 0. The lowest BCUT2D eigenvalue weighted by atomic mass is 9.79. The van der Waals surface area contributed by atoms with E-state index in [0.29, 0.717) is 30.4 Å². The number of ketones is 2. The van der Waals surface area contributed by atoms with Crippen molar-refractivity contribution in [2.24, 2.45) is 23.5 Å². The average Bonchev–Trinajstić information content (AvgIpc) is 3.76. The van der Waals surface area contributed by atoms with Gasteiger partial charge in [-0.2, -0.15) is 0 Å². The van der Waals surface area contributed by atoms with E-state index in [9.17, 15) is 19.5 Å². The molecule has 2 aliphatic rings. The van der Waals surface area contributed by atoms with Crippen molar-refractivity contribution in [1.29, 1.82) is 0 Å². The summed E-state index contributed by atoms with van der Waals surface area (Å²) in [4.78, 5) is 53.1. The number of nitrogens with two attached hydrogens (primary N) is 1. The van der Waals surface area contributed by atoms with Gasteiger partial charge < -0.3 is 25.7 Å². The van der Waals surface area contributed by atoms with Crippen LogP contribution in [0, 0.1) is 17.8 Å². The van der Waals surface area contributed by atoms with E-state index in [1.54, 1.807) is 12.4 Å². The SMILES string of the molecule is N[C@@H](Cc1c[nH]cn1)C(=O)NC(C(=O)C(CC(=O)C1CCCCC1)Cc1ccccc1)[C@H](O)c1nccn1CC1CCCCC1. The zero-order chi connectivity index (χ0) is 31.6. The summed E-state index contributed by atoms with van der Waals surface area (Å²) in [5.41, 5.74) is 7.81. The minimum atomic E-state index is -1.42. The molecule has 45 heavy (non-hydrogen) atoms. The van der Waals surface area contributed by atoms with Gasteiger partial charge in [0.25, 0.3) is 0 Å². The van der Waals surface area contributed by atoms with Crippen LogP contribution < -0.4 is 11.1 Å². The second-order valence-electron chi connectivity index (χ2n) is 13.0. The number of aromatic nitrogens is 4. The molecule has 5 rings (SSSR count). The lowest BCUT2D eigenvalue weighted by Gasteiger charge is -2.30. The maximum atomic E-state index is 14.6. The molecule has 2 fully saturated rings. The number of nitrogens with zero attached hydrogens (tertiary/aromatic N) is 3. The second kappa shape index (κ2) is 16.1. The summed E-state index contributed by atoms with van der Waals surface area (Å²) in [6.45, 7) is 0.688. The number of aliphatic hydroxyl groups excluding tert-OH is 1. The highest BCUT2D eigenvalue weighted by Gasteiger charge is 2.39. The van der Waals surface area contributed by atoms with Crippen LogP contribution in [0.25, 0.3) is 0 Å². The molecule has 2 unspecified atom stereocenters. The van der Waals surface area contributed by atoms with Crippen LogP contribution in [0.5, 0.6) is 0 Å². The number of hydrogen-bond donors (Lipinski definition) is 4. The number of carbonyl (C=O) groups is 3. The Labute approximate surface area is 265 Å². The fraction of sp³-hybridized carbons (Fsp3) is 0.571. The van der Waals surface area contributed by atoms with E-state index in [2.05, 4.69) is 20.3 Å². The van der Waals surface area contributed by atoms with E-state index in [4.69, 9.17) is 5.73 Å². The topological polar surface area (TPSA) is 156 Å². The lowest BCUT2D eigenvalue weighted by molar-refractivity contribution is -0.136. The van der Waals surface area contributed by atoms with Gasteiger partial charge in [0, 0.05) is 49.8 Å². The van der Waals surface area contributed by atoms with Crippen molar-refractivity contribution < 1.29 is 19.5 Å². The van der Waals surface area contributed by atoms with Crippen molar-refractivity contribution in [3.05, 3.63) is 72.3 Å². The first-order chi connectivity index (χ1) is 21.9. The van der Waals surface area contributed by atoms with Gasteiger partial charge in [0.05, 0.1) is 18.1 Å². The smallest absolute Gasteiger partial charge is 0.238 e. The molecule has 2 aliphatic carbocycles. The minimum Gasteiger partial charge on any atom is -0.383 e. The fourth-order valence-electron chi connectivity index (χ4n) is 7.08. The Hall–Kier alpha value is -3.63. The van der Waals surface area contributed by atoms with Gasteiger partial charge in [0.2, 0.25) is 5.91 Å². The normalized spacial score (nSPS) is 19.0. The third kappa shape index (κ3) is 8.98. The number of Topliss-reactive ketones (excluding diaryl/α,β-unsaturated/α-hetero) is 2. The summed E-state index contributed by atoms with van der Waals surface area (Å²) < 4.78 is 1.91. The molecule has 10 heteroatoms. The standard InChI is InChI=1S/C35H48N6O4/c36-29(20-28-21-37-23-39-28)35(45)40-31(33(44)34-38-16-17-41(34)22-25-12-6-2-7-13-25)32(43)27(18-24-10-4-1-5-11-24)19-30(42)26-14-8-3-9-15-26/h1,4-5,10-11,16-17,21,23,25-27,29,31,33,44H,2-3,6-9,12-15,18-20,22,36H2,(H,37,39)(H,40,45)/t27?,29-,31?,33-/m0/s1. The first kappa shape index (κ1) is 32.8. The molecular formula is C35H48N6O4. The van der Waals surface area contributed by atoms with Gasteiger partial charge in [-0.05, 0) is 43.6 Å². The average molecular weight is 617 g/mol. The van der Waals surface area contributed by atoms with Crippen molar-refractivity contribution in [2.45, 2.75) is 108 Å². The zero-order valence-corrected chi connectivity index (χ0v) is 26.2. The molecule has 2 heterocycles. The summed E-state index contributed by atoms with van der Waals surface area (Å²) >= 11 is 0. The van der Waals surface area contributed by atoms with Crippen LogP contribution in [0.2, 0.25) is 0 Å². The first-order valence-electron chi connectivity index (χ1n) is 16.7. The number of benzene rings is 1. The molecule has 3 aromatic rings. The molecule has 1 aromatic carbocycles. The molecule has 5 N–H and O–H groups in total. The van der Waals surface area contributed by atoms with Gasteiger partial charge in [-0.3, -0.25) is 14.4 Å². The van der Waals surface area contributed by atoms with Crippen LogP contribution in [-0.2, 0) is 33.8 Å². The number of rotatable bonds is 15. The van der Waals surface area contributed by atoms with Gasteiger partial charge >= 0.3 is 0 Å². The second-order valence-corrected chi connectivity index (χ2v) is 13.0. The Morgan fingerprint density at radius 2 is 1.69 bits per heavy atom. The highest BCUT2D eigenvalue weighted by Crippen LogP contribution is 2.30. The van der Waals surface area contributed by atoms with E-state index in [0.717, 1.165) is 50.5 Å². The predicted molar refractivity (Wildman–Crippen MR) is 171 cm³/mol. The van der Waals surface area contributed by atoms with Crippen LogP contribution in [-0.4, -0.2) is 54.2 Å². The third-order valence-electron chi connectivity index (χ3n) is 9.67. The number of hydrogen-bond acceptors (Lipinski definition) is 7. The molecule has 2 saturated carbocycles. The molecule has 0 saturated heterocycles. The van der Waals surface area contributed by atoms with Crippen LogP contribution in [0.3, 0.4) is 0 Å². The van der Waals surface area contributed by atoms with Crippen molar-refractivity contribution in [3.63, 3.8) is 0 Å². The maximum Gasteiger partial charge on any atom is 0.238 e. The molecule has 4 atom stereocenters. The lowest BCUT2D eigenvalue weighted by Crippen LogP contribution is -2.53. The van der Waals surface area contributed by atoms with E-state index >= 15 is 0 Å². The monoisotopic (exact) mass is 616 g/mol. The van der Waals surface area contributed by atoms with E-state index < -0.39 is 30.0 Å². The van der Waals surface area contributed by atoms with Gasteiger partial charge in [-0.1, -0.05) is 68.9 Å². The van der Waals surface area contributed by atoms with Gasteiger partial charge in [-0.25, -0.2) is 9.97 Å². The molecule has 242 valence electrons. The highest BCUT2D eigenvalue weighted by atomic mass is 16.3. The van der Waals surface area contributed by atoms with Gasteiger partial charge in [-0.15, -0.1) is 0 Å². The summed E-state index contributed by atoms with van der Waals surface area (Å²) in [5.74, 6) is -0.870. The predicted octanol–water partition coefficient (Wildman–Crippen LogP) is 4.24. The Kier molecular flexibility index (Phi) is 11.7. The third-order valence-corrected chi connectivity index (χ3v) is 9.67. The number of amides is 1. The molecule has 0 spiro atoms. The van der Waals surface area contributed by atoms with Crippen molar-refractivity contribution in [1.82, 2.24) is 24.8 Å². The maximum absolute atomic E-state index is 14.6. The van der Waals surface area contributed by atoms with Crippen molar-refractivity contribution in [3.8, 4) is 0 Å². The van der Waals surface area contributed by atoms with Crippen LogP contribution in [0.1, 0.15) is 93.8 Å². The molecule has 0 radical (unpaired) electrons. The first-order valence-corrected chi connectivity index (χ1v) is 16.7. The van der Waals surface area contributed by atoms with Crippen LogP contribution in [0.4, 0.5) is 0 Å². The fourth-order valence-corrected chi connectivity index (χ4v) is 7.08. The largest absolute Gasteiger partial charge is 0.383 e. The minimum absolute atomic E-state index is 0.0561. The van der Waals surface area contributed by atoms with Crippen molar-refractivity contribution in [2.75, 3.05) is 0 Å². The Bertz CT molecular complexity index is 1360. The zero-order valence-electron chi connectivity index (χ0n) is 26.2. The molecule has 0 aliphatic heterocycles.